The van der Waals surface area contributed by atoms with Gasteiger partial charge in [0.15, 0.2) is 0 Å². The highest BCUT2D eigenvalue weighted by molar-refractivity contribution is 5.93. The molecule has 4 atom stereocenters. The highest BCUT2D eigenvalue weighted by atomic mass is 16.1. The predicted molar refractivity (Wildman–Crippen MR) is 55.8 cm³/mol. The second kappa shape index (κ2) is 2.32. The highest BCUT2D eigenvalue weighted by Crippen LogP contribution is 2.60. The van der Waals surface area contributed by atoms with Crippen LogP contribution in [0.25, 0.3) is 0 Å². The van der Waals surface area contributed by atoms with Gasteiger partial charge < -0.3 is 0 Å². The Balaban J connectivity index is 2.16. The Morgan fingerprint density at radius 1 is 1.14 bits per heavy atom. The van der Waals surface area contributed by atoms with Crippen LogP contribution in [0.2, 0.25) is 0 Å². The van der Waals surface area contributed by atoms with E-state index in [1.54, 1.807) is 0 Å². The lowest BCUT2D eigenvalue weighted by atomic mass is 9.50. The van der Waals surface area contributed by atoms with E-state index in [2.05, 4.69) is 26.0 Å². The van der Waals surface area contributed by atoms with Crippen molar-refractivity contribution >= 4 is 5.78 Å². The van der Waals surface area contributed by atoms with Gasteiger partial charge in [0.2, 0.25) is 0 Å². The smallest absolute Gasteiger partial charge is 0.145 e. The molecule has 0 amide bonds. The fourth-order valence-corrected chi connectivity index (χ4v) is 4.05. The van der Waals surface area contributed by atoms with Crippen molar-refractivity contribution in [3.63, 3.8) is 0 Å². The van der Waals surface area contributed by atoms with Gasteiger partial charge in [0.05, 0.1) is 0 Å². The van der Waals surface area contributed by atoms with Crippen molar-refractivity contribution in [3.05, 3.63) is 12.2 Å². The maximum absolute atomic E-state index is 12.5. The lowest BCUT2D eigenvalue weighted by Crippen LogP contribution is -2.53. The first kappa shape index (κ1) is 8.70. The zero-order valence-electron chi connectivity index (χ0n) is 9.05. The summed E-state index contributed by atoms with van der Waals surface area (Å²) in [4.78, 5) is 12.5. The number of hydrogen-bond acceptors (Lipinski definition) is 1. The van der Waals surface area contributed by atoms with E-state index in [0.717, 1.165) is 12.8 Å². The molecule has 3 rings (SSSR count). The number of carbonyl (C=O) groups excluding carboxylic acids is 1. The molecule has 2 fully saturated rings. The zero-order valence-corrected chi connectivity index (χ0v) is 9.05. The molecule has 0 unspecified atom stereocenters. The minimum Gasteiger partial charge on any atom is -0.298 e. The third-order valence-electron chi connectivity index (χ3n) is 5.15. The largest absolute Gasteiger partial charge is 0.298 e. The molecule has 4 bridgehead atoms. The summed E-state index contributed by atoms with van der Waals surface area (Å²) in [7, 11) is 0. The Kier molecular flexibility index (Phi) is 1.44. The molecular formula is C13H18O. The zero-order chi connectivity index (χ0) is 9.97. The van der Waals surface area contributed by atoms with Crippen molar-refractivity contribution in [2.45, 2.75) is 39.5 Å². The molecule has 0 aliphatic heterocycles. The van der Waals surface area contributed by atoms with Crippen molar-refractivity contribution in [1.29, 1.82) is 0 Å². The van der Waals surface area contributed by atoms with Crippen LogP contribution < -0.4 is 0 Å². The third kappa shape index (κ3) is 0.757. The molecule has 3 aliphatic rings. The Labute approximate surface area is 85.6 Å². The van der Waals surface area contributed by atoms with Gasteiger partial charge >= 0.3 is 0 Å². The fourth-order valence-electron chi connectivity index (χ4n) is 4.05. The summed E-state index contributed by atoms with van der Waals surface area (Å²) < 4.78 is 0. The van der Waals surface area contributed by atoms with E-state index in [-0.39, 0.29) is 10.8 Å². The van der Waals surface area contributed by atoms with Crippen LogP contribution in [0.15, 0.2) is 12.2 Å². The quantitative estimate of drug-likeness (QED) is 0.537. The first-order valence-electron chi connectivity index (χ1n) is 5.81. The van der Waals surface area contributed by atoms with Crippen molar-refractivity contribution in [2.24, 2.45) is 22.7 Å². The number of hydrogen-bond donors (Lipinski definition) is 0. The van der Waals surface area contributed by atoms with Crippen LogP contribution in [-0.2, 0) is 4.79 Å². The first-order chi connectivity index (χ1) is 6.57. The van der Waals surface area contributed by atoms with Crippen LogP contribution in [0, 0.1) is 22.7 Å². The van der Waals surface area contributed by atoms with Gasteiger partial charge in [0, 0.05) is 10.8 Å². The van der Waals surface area contributed by atoms with Crippen molar-refractivity contribution < 1.29 is 4.79 Å². The molecule has 0 aromatic carbocycles. The molecule has 0 spiro atoms. The molecule has 2 saturated carbocycles. The van der Waals surface area contributed by atoms with E-state index in [4.69, 9.17) is 0 Å². The minimum atomic E-state index is -0.0174. The number of fused-ring (bicyclic) bond motifs is 6. The van der Waals surface area contributed by atoms with Gasteiger partial charge in [-0.3, -0.25) is 4.79 Å². The van der Waals surface area contributed by atoms with Crippen LogP contribution in [0.3, 0.4) is 0 Å². The Morgan fingerprint density at radius 2 is 1.64 bits per heavy atom. The van der Waals surface area contributed by atoms with Crippen molar-refractivity contribution in [2.75, 3.05) is 0 Å². The Hall–Kier alpha value is -0.590. The lowest BCUT2D eigenvalue weighted by molar-refractivity contribution is -0.152. The maximum Gasteiger partial charge on any atom is 0.145 e. The number of allylic oxidation sites excluding steroid dienone is 2. The summed E-state index contributed by atoms with van der Waals surface area (Å²) in [6.45, 7) is 4.40. The predicted octanol–water partition coefficient (Wildman–Crippen LogP) is 2.96. The number of carbonyl (C=O) groups is 1. The van der Waals surface area contributed by atoms with Gasteiger partial charge in [-0.2, -0.15) is 0 Å². The summed E-state index contributed by atoms with van der Waals surface area (Å²) in [5.41, 5.74) is -0.0347. The van der Waals surface area contributed by atoms with Crippen molar-refractivity contribution in [3.8, 4) is 0 Å². The topological polar surface area (TPSA) is 17.1 Å². The Morgan fingerprint density at radius 3 is 2.14 bits per heavy atom. The molecule has 1 heteroatoms. The van der Waals surface area contributed by atoms with E-state index < -0.39 is 0 Å². The highest BCUT2D eigenvalue weighted by Gasteiger charge is 2.59. The molecule has 0 radical (unpaired) electrons. The van der Waals surface area contributed by atoms with Crippen LogP contribution in [0.1, 0.15) is 39.5 Å². The second-order valence-electron chi connectivity index (χ2n) is 5.85. The normalized spacial score (nSPS) is 55.1. The summed E-state index contributed by atoms with van der Waals surface area (Å²) >= 11 is 0. The first-order valence-corrected chi connectivity index (χ1v) is 5.81. The SMILES string of the molecule is C[C@]12CCC[C@](C)(C1=O)[C@@H]1C=C[C@H]2C1. The molecule has 14 heavy (non-hydrogen) atoms. The van der Waals surface area contributed by atoms with E-state index in [1.807, 2.05) is 0 Å². The molecular weight excluding hydrogens is 172 g/mol. The van der Waals surface area contributed by atoms with E-state index in [0.29, 0.717) is 17.6 Å². The van der Waals surface area contributed by atoms with Gasteiger partial charge in [0.25, 0.3) is 0 Å². The van der Waals surface area contributed by atoms with Crippen LogP contribution >= 0.6 is 0 Å². The summed E-state index contributed by atoms with van der Waals surface area (Å²) in [5, 5.41) is 0. The number of ketones is 1. The fraction of sp³-hybridized carbons (Fsp3) is 0.769. The average Bonchev–Trinajstić information content (AvgIpc) is 2.61. The summed E-state index contributed by atoms with van der Waals surface area (Å²) in [5.74, 6) is 1.66. The van der Waals surface area contributed by atoms with E-state index in [1.165, 1.54) is 12.8 Å². The molecule has 0 aromatic rings. The maximum atomic E-state index is 12.5. The molecule has 3 aliphatic carbocycles. The van der Waals surface area contributed by atoms with Crippen LogP contribution in [0.4, 0.5) is 0 Å². The van der Waals surface area contributed by atoms with Crippen LogP contribution in [-0.4, -0.2) is 5.78 Å². The summed E-state index contributed by atoms with van der Waals surface area (Å²) in [6.07, 6.45) is 9.34. The molecule has 76 valence electrons. The van der Waals surface area contributed by atoms with Crippen molar-refractivity contribution in [1.82, 2.24) is 0 Å². The van der Waals surface area contributed by atoms with E-state index >= 15 is 0 Å². The Bertz CT molecular complexity index is 302. The average molecular weight is 190 g/mol. The van der Waals surface area contributed by atoms with Gasteiger partial charge in [-0.05, 0) is 31.1 Å². The third-order valence-corrected chi connectivity index (χ3v) is 5.15. The molecule has 1 nitrogen and oxygen atoms in total. The molecule has 0 N–H and O–H groups in total. The van der Waals surface area contributed by atoms with Gasteiger partial charge in [-0.25, -0.2) is 0 Å². The molecule has 0 heterocycles. The molecule has 0 saturated heterocycles. The number of rotatable bonds is 0. The van der Waals surface area contributed by atoms with E-state index in [9.17, 15) is 4.79 Å². The monoisotopic (exact) mass is 190 g/mol. The van der Waals surface area contributed by atoms with Crippen LogP contribution in [0.5, 0.6) is 0 Å². The molecule has 0 aromatic heterocycles. The van der Waals surface area contributed by atoms with Gasteiger partial charge in [0.1, 0.15) is 5.78 Å². The standard InChI is InChI=1S/C13H18O/c1-12-6-3-7-13(2,11(12)14)10-5-4-9(12)8-10/h4-5,9-10H,3,6-8H2,1-2H3/t9-,10+,12+,13-. The minimum absolute atomic E-state index is 0.0174. The number of Topliss-reactive ketones (excluding diaryl/α,β-unsaturated/α-hetero) is 1. The lowest BCUT2D eigenvalue weighted by Gasteiger charge is -2.52. The summed E-state index contributed by atoms with van der Waals surface area (Å²) in [6, 6.07) is 0. The van der Waals surface area contributed by atoms with Gasteiger partial charge in [-0.15, -0.1) is 0 Å². The second-order valence-corrected chi connectivity index (χ2v) is 5.85. The van der Waals surface area contributed by atoms with Gasteiger partial charge in [-0.1, -0.05) is 32.4 Å².